The Hall–Kier alpha value is 0.318. The molecule has 0 heterocycles. The first-order valence-electron chi connectivity index (χ1n) is 3.45. The van der Waals surface area contributed by atoms with Crippen LogP contribution >= 0.6 is 0 Å². The number of nitrogens with two attached hydrogens (primary N) is 2. The third-order valence-electron chi connectivity index (χ3n) is 0.830. The van der Waals surface area contributed by atoms with Gasteiger partial charge in [0.05, 0.1) is 0 Å². The van der Waals surface area contributed by atoms with Crippen molar-refractivity contribution in [1.82, 2.24) is 0 Å². The normalized spacial score (nSPS) is 21.5. The molecule has 2 atom stereocenters. The molecule has 0 aliphatic carbocycles. The van der Waals surface area contributed by atoms with Crippen LogP contribution in [-0.2, 0) is 11.2 Å². The summed E-state index contributed by atoms with van der Waals surface area (Å²) in [6.45, 7) is 3.13. The molecule has 0 fully saturated rings. The Kier molecular flexibility index (Phi) is 5.27. The predicted octanol–water partition coefficient (Wildman–Crippen LogP) is -1.30. The molecule has 12 heavy (non-hydrogen) atoms. The van der Waals surface area contributed by atoms with Crippen molar-refractivity contribution in [1.29, 1.82) is 0 Å². The Bertz CT molecular complexity index is 123. The van der Waals surface area contributed by atoms with Crippen LogP contribution in [0.4, 0.5) is 0 Å². The van der Waals surface area contributed by atoms with E-state index in [1.807, 2.05) is 0 Å². The molecular formula is C5H16AsN2O4. The molecule has 0 aliphatic rings. The molecule has 0 saturated heterocycles. The number of hydrogen-bond acceptors (Lipinski definition) is 6. The van der Waals surface area contributed by atoms with Crippen LogP contribution in [0.25, 0.3) is 0 Å². The van der Waals surface area contributed by atoms with Gasteiger partial charge in [0.1, 0.15) is 0 Å². The molecule has 0 rings (SSSR count). The SMILES string of the molecule is CO[As](O)(OC(C)N)OC(C)N. The molecule has 75 valence electrons. The van der Waals surface area contributed by atoms with Crippen molar-refractivity contribution < 1.29 is 15.3 Å². The van der Waals surface area contributed by atoms with Gasteiger partial charge >= 0.3 is 75.1 Å². The van der Waals surface area contributed by atoms with Crippen LogP contribution < -0.4 is 11.5 Å². The van der Waals surface area contributed by atoms with Gasteiger partial charge in [0.15, 0.2) is 0 Å². The third-order valence-corrected chi connectivity index (χ3v) is 4.31. The van der Waals surface area contributed by atoms with Gasteiger partial charge in [-0.15, -0.1) is 0 Å². The van der Waals surface area contributed by atoms with Crippen molar-refractivity contribution in [2.45, 2.75) is 26.3 Å². The minimum absolute atomic E-state index is 0.638. The summed E-state index contributed by atoms with van der Waals surface area (Å²) in [5.74, 6) is 0. The molecule has 0 bridgehead atoms. The summed E-state index contributed by atoms with van der Waals surface area (Å²) < 4.78 is 23.9. The fourth-order valence-corrected chi connectivity index (χ4v) is 2.76. The average molecular weight is 243 g/mol. The minimum atomic E-state index is -3.94. The molecule has 5 N–H and O–H groups in total. The Balaban J connectivity index is 4.04. The van der Waals surface area contributed by atoms with Crippen molar-refractivity contribution >= 4 is 14.9 Å². The van der Waals surface area contributed by atoms with Gasteiger partial charge in [-0.05, 0) is 0 Å². The third kappa shape index (κ3) is 5.05. The summed E-state index contributed by atoms with van der Waals surface area (Å²) in [5, 5.41) is 0. The molecule has 0 spiro atoms. The summed E-state index contributed by atoms with van der Waals surface area (Å²) in [6, 6.07) is 0. The zero-order valence-corrected chi connectivity index (χ0v) is 9.31. The number of rotatable bonds is 5. The van der Waals surface area contributed by atoms with E-state index < -0.39 is 27.4 Å². The summed E-state index contributed by atoms with van der Waals surface area (Å²) >= 11 is -3.94. The van der Waals surface area contributed by atoms with Crippen LogP contribution in [0.1, 0.15) is 13.8 Å². The van der Waals surface area contributed by atoms with Gasteiger partial charge in [-0.25, -0.2) is 0 Å². The van der Waals surface area contributed by atoms with E-state index in [1.165, 1.54) is 7.11 Å². The standard InChI is InChI=1S/C5H16AsN2O4/c1-4(7)11-6(9,10-3)12-5(2)8/h4-5,9H,7-8H2,1-3H3. The van der Waals surface area contributed by atoms with E-state index in [9.17, 15) is 4.10 Å². The van der Waals surface area contributed by atoms with Gasteiger partial charge in [-0.2, -0.15) is 0 Å². The first-order chi connectivity index (χ1) is 5.39. The fraction of sp³-hybridized carbons (Fsp3) is 1.00. The fourth-order valence-electron chi connectivity index (χ4n) is 0.531. The Morgan fingerprint density at radius 2 is 1.50 bits per heavy atom. The Labute approximate surface area is 75.6 Å². The zero-order valence-electron chi connectivity index (χ0n) is 7.43. The van der Waals surface area contributed by atoms with E-state index in [-0.39, 0.29) is 0 Å². The molecule has 0 aromatic rings. The van der Waals surface area contributed by atoms with Crippen molar-refractivity contribution in [3.05, 3.63) is 0 Å². The van der Waals surface area contributed by atoms with Crippen molar-refractivity contribution in [2.75, 3.05) is 7.11 Å². The summed E-state index contributed by atoms with van der Waals surface area (Å²) in [4.78, 5) is 0. The molecule has 0 amide bonds. The summed E-state index contributed by atoms with van der Waals surface area (Å²) in [5.41, 5.74) is 10.6. The van der Waals surface area contributed by atoms with Crippen molar-refractivity contribution in [2.24, 2.45) is 11.5 Å². The molecule has 6 nitrogen and oxygen atoms in total. The number of hydrogen-bond donors (Lipinski definition) is 3. The van der Waals surface area contributed by atoms with Crippen molar-refractivity contribution in [3.8, 4) is 0 Å². The Morgan fingerprint density at radius 1 is 1.17 bits per heavy atom. The van der Waals surface area contributed by atoms with Crippen LogP contribution in [0.5, 0.6) is 0 Å². The molecule has 0 aromatic heterocycles. The first-order valence-corrected chi connectivity index (χ1v) is 6.59. The van der Waals surface area contributed by atoms with Gasteiger partial charge in [0.25, 0.3) is 0 Å². The molecule has 1 radical (unpaired) electrons. The topological polar surface area (TPSA) is 100.0 Å². The maximum atomic E-state index is 9.51. The van der Waals surface area contributed by atoms with E-state index in [4.69, 9.17) is 18.9 Å². The molecule has 7 heteroatoms. The van der Waals surface area contributed by atoms with Gasteiger partial charge in [0.2, 0.25) is 0 Å². The second kappa shape index (κ2) is 5.14. The molecule has 0 aliphatic heterocycles. The van der Waals surface area contributed by atoms with E-state index in [2.05, 4.69) is 3.73 Å². The van der Waals surface area contributed by atoms with E-state index >= 15 is 0 Å². The van der Waals surface area contributed by atoms with Crippen LogP contribution in [0.2, 0.25) is 0 Å². The summed E-state index contributed by atoms with van der Waals surface area (Å²) in [7, 11) is 1.29. The van der Waals surface area contributed by atoms with E-state index in [1.54, 1.807) is 13.8 Å². The molecule has 0 aromatic carbocycles. The van der Waals surface area contributed by atoms with Crippen molar-refractivity contribution in [3.63, 3.8) is 0 Å². The second-order valence-corrected chi connectivity index (χ2v) is 5.89. The first kappa shape index (κ1) is 12.3. The molecule has 2 unspecified atom stereocenters. The van der Waals surface area contributed by atoms with Crippen LogP contribution in [0.3, 0.4) is 0 Å². The van der Waals surface area contributed by atoms with Gasteiger partial charge in [0, 0.05) is 0 Å². The second-order valence-electron chi connectivity index (χ2n) is 2.27. The monoisotopic (exact) mass is 243 g/mol. The van der Waals surface area contributed by atoms with E-state index in [0.29, 0.717) is 0 Å². The van der Waals surface area contributed by atoms with Gasteiger partial charge in [-0.1, -0.05) is 0 Å². The summed E-state index contributed by atoms with van der Waals surface area (Å²) in [6.07, 6.45) is -1.28. The quantitative estimate of drug-likeness (QED) is 0.410. The van der Waals surface area contributed by atoms with Crippen LogP contribution in [0, 0.1) is 0 Å². The zero-order chi connectivity index (χ0) is 9.78. The molecule has 0 saturated carbocycles. The molecular weight excluding hydrogens is 227 g/mol. The van der Waals surface area contributed by atoms with Crippen LogP contribution in [0.15, 0.2) is 0 Å². The van der Waals surface area contributed by atoms with Gasteiger partial charge < -0.3 is 0 Å². The van der Waals surface area contributed by atoms with E-state index in [0.717, 1.165) is 0 Å². The maximum absolute atomic E-state index is 9.51. The Morgan fingerprint density at radius 3 is 1.67 bits per heavy atom. The van der Waals surface area contributed by atoms with Gasteiger partial charge in [-0.3, -0.25) is 0 Å². The average Bonchev–Trinajstić information content (AvgIpc) is 1.83. The van der Waals surface area contributed by atoms with Crippen LogP contribution in [-0.4, -0.2) is 38.6 Å². The predicted molar refractivity (Wildman–Crippen MR) is 44.5 cm³/mol.